The summed E-state index contributed by atoms with van der Waals surface area (Å²) in [6, 6.07) is 14.2. The molecule has 5 nitrogen and oxygen atoms in total. The van der Waals surface area contributed by atoms with Crippen LogP contribution in [0.5, 0.6) is 11.5 Å². The van der Waals surface area contributed by atoms with Gasteiger partial charge in [0.15, 0.2) is 5.78 Å². The van der Waals surface area contributed by atoms with Gasteiger partial charge in [0.1, 0.15) is 18.1 Å². The first kappa shape index (κ1) is 19.1. The van der Waals surface area contributed by atoms with E-state index < -0.39 is 5.97 Å². The number of hydrogen-bond donors (Lipinski definition) is 0. The number of halogens is 1. The van der Waals surface area contributed by atoms with E-state index in [9.17, 15) is 9.59 Å². The van der Waals surface area contributed by atoms with Gasteiger partial charge in [0, 0.05) is 18.2 Å². The van der Waals surface area contributed by atoms with E-state index in [0.29, 0.717) is 20.7 Å². The molecule has 0 unspecified atom stereocenters. The highest BCUT2D eigenvalue weighted by molar-refractivity contribution is 7.18. The minimum absolute atomic E-state index is 0.0139. The summed E-state index contributed by atoms with van der Waals surface area (Å²) >= 11 is 7.02. The molecule has 0 N–H and O–H groups in total. The Labute approximate surface area is 165 Å². The number of para-hydroxylation sites is 1. The van der Waals surface area contributed by atoms with Gasteiger partial charge < -0.3 is 9.47 Å². The second kappa shape index (κ2) is 9.30. The Kier molecular flexibility index (Phi) is 6.57. The van der Waals surface area contributed by atoms with E-state index in [0.717, 1.165) is 5.56 Å². The predicted octanol–water partition coefficient (Wildman–Crippen LogP) is 5.30. The van der Waals surface area contributed by atoms with Gasteiger partial charge in [-0.15, -0.1) is 11.3 Å². The lowest BCUT2D eigenvalue weighted by Crippen LogP contribution is -2.08. The van der Waals surface area contributed by atoms with E-state index in [-0.39, 0.29) is 25.2 Å². The number of carbonyl (C=O) groups excluding carboxylic acids is 2. The Bertz CT molecular complexity index is 926. The van der Waals surface area contributed by atoms with Crippen LogP contribution in [-0.4, -0.2) is 16.7 Å². The fourth-order valence-corrected chi connectivity index (χ4v) is 3.30. The molecule has 0 saturated heterocycles. The van der Waals surface area contributed by atoms with Crippen LogP contribution >= 0.6 is 22.9 Å². The van der Waals surface area contributed by atoms with Crippen LogP contribution in [0.25, 0.3) is 0 Å². The van der Waals surface area contributed by atoms with Crippen molar-refractivity contribution in [2.75, 3.05) is 0 Å². The molecule has 0 radical (unpaired) electrons. The molecule has 0 spiro atoms. The van der Waals surface area contributed by atoms with E-state index >= 15 is 0 Å². The monoisotopic (exact) mass is 401 g/mol. The quantitative estimate of drug-likeness (QED) is 0.378. The number of ether oxygens (including phenoxy) is 2. The molecule has 3 aromatic rings. The largest absolute Gasteiger partial charge is 0.461 e. The van der Waals surface area contributed by atoms with Crippen LogP contribution in [0.3, 0.4) is 0 Å². The maximum atomic E-state index is 12.0. The zero-order valence-corrected chi connectivity index (χ0v) is 15.8. The van der Waals surface area contributed by atoms with Crippen molar-refractivity contribution >= 4 is 34.7 Å². The number of rotatable bonds is 8. The number of nitrogens with zero attached hydrogens (tertiary/aromatic N) is 1. The van der Waals surface area contributed by atoms with Gasteiger partial charge in [-0.25, -0.2) is 0 Å². The average Bonchev–Trinajstić information content (AvgIpc) is 3.13. The minimum atomic E-state index is -0.442. The zero-order chi connectivity index (χ0) is 19.1. The fraction of sp³-hybridized carbons (Fsp3) is 0.150. The number of carbonyl (C=O) groups is 2. The van der Waals surface area contributed by atoms with E-state index in [1.54, 1.807) is 42.7 Å². The van der Waals surface area contributed by atoms with Crippen molar-refractivity contribution in [2.24, 2.45) is 0 Å². The number of aromatic nitrogens is 1. The molecule has 1 aromatic carbocycles. The molecule has 0 saturated carbocycles. The first-order chi connectivity index (χ1) is 13.1. The molecule has 0 fully saturated rings. The lowest BCUT2D eigenvalue weighted by molar-refractivity contribution is -0.144. The van der Waals surface area contributed by atoms with Gasteiger partial charge in [-0.05, 0) is 30.3 Å². The number of benzene rings is 1. The van der Waals surface area contributed by atoms with Gasteiger partial charge in [0.2, 0.25) is 0 Å². The molecule has 138 valence electrons. The summed E-state index contributed by atoms with van der Waals surface area (Å²) < 4.78 is 11.6. The summed E-state index contributed by atoms with van der Waals surface area (Å²) in [5.41, 5.74) is 0.728. The van der Waals surface area contributed by atoms with Crippen molar-refractivity contribution < 1.29 is 19.1 Å². The third-order valence-corrected chi connectivity index (χ3v) is 4.90. The number of thiophene rings is 1. The van der Waals surface area contributed by atoms with Crippen molar-refractivity contribution in [1.29, 1.82) is 0 Å². The molecule has 0 amide bonds. The van der Waals surface area contributed by atoms with Gasteiger partial charge in [0.25, 0.3) is 0 Å². The normalized spacial score (nSPS) is 10.4. The minimum Gasteiger partial charge on any atom is -0.461 e. The molecule has 2 heterocycles. The van der Waals surface area contributed by atoms with Gasteiger partial charge in [-0.2, -0.15) is 0 Å². The smallest absolute Gasteiger partial charge is 0.306 e. The molecular weight excluding hydrogens is 386 g/mol. The molecule has 3 rings (SSSR count). The third kappa shape index (κ3) is 5.64. The Morgan fingerprint density at radius 2 is 1.89 bits per heavy atom. The lowest BCUT2D eigenvalue weighted by Gasteiger charge is -2.11. The molecule has 0 bridgehead atoms. The highest BCUT2D eigenvalue weighted by Crippen LogP contribution is 2.26. The highest BCUT2D eigenvalue weighted by atomic mass is 35.5. The third-order valence-electron chi connectivity index (χ3n) is 3.63. The number of Topliss-reactive ketones (excluding diaryl/α,β-unsaturated/α-hetero) is 1. The predicted molar refractivity (Wildman–Crippen MR) is 103 cm³/mol. The molecule has 2 aromatic heterocycles. The summed E-state index contributed by atoms with van der Waals surface area (Å²) in [5, 5.41) is 0. The topological polar surface area (TPSA) is 65.5 Å². The first-order valence-electron chi connectivity index (χ1n) is 8.22. The van der Waals surface area contributed by atoms with Crippen LogP contribution in [0, 0.1) is 0 Å². The van der Waals surface area contributed by atoms with Crippen molar-refractivity contribution in [3.63, 3.8) is 0 Å². The summed E-state index contributed by atoms with van der Waals surface area (Å²) in [6.07, 6.45) is 3.36. The standard InChI is InChI=1S/C20H16ClNO4S/c21-19-9-8-18(27-19)16(23)7-10-20(24)25-13-14-4-1-2-6-17(14)26-15-5-3-11-22-12-15/h1-6,8-9,11-12H,7,10,13H2. The van der Waals surface area contributed by atoms with Crippen molar-refractivity contribution in [3.05, 3.63) is 75.7 Å². The Hall–Kier alpha value is -2.70. The average molecular weight is 402 g/mol. The van der Waals surface area contributed by atoms with Crippen LogP contribution in [-0.2, 0) is 16.1 Å². The molecule has 0 aliphatic carbocycles. The molecule has 27 heavy (non-hydrogen) atoms. The van der Waals surface area contributed by atoms with Gasteiger partial charge in [0.05, 0.1) is 21.8 Å². The number of esters is 1. The van der Waals surface area contributed by atoms with E-state index in [4.69, 9.17) is 21.1 Å². The summed E-state index contributed by atoms with van der Waals surface area (Å²) in [4.78, 5) is 28.5. The van der Waals surface area contributed by atoms with E-state index in [1.807, 2.05) is 18.2 Å². The number of ketones is 1. The van der Waals surface area contributed by atoms with Gasteiger partial charge >= 0.3 is 5.97 Å². The molecule has 0 atom stereocenters. The molecule has 0 aliphatic heterocycles. The highest BCUT2D eigenvalue weighted by Gasteiger charge is 2.13. The summed E-state index contributed by atoms with van der Waals surface area (Å²) in [7, 11) is 0. The van der Waals surface area contributed by atoms with Crippen molar-refractivity contribution in [2.45, 2.75) is 19.4 Å². The van der Waals surface area contributed by atoms with Crippen LogP contribution in [0.1, 0.15) is 28.1 Å². The summed E-state index contributed by atoms with van der Waals surface area (Å²) in [6.45, 7) is 0.0638. The van der Waals surface area contributed by atoms with Crippen LogP contribution < -0.4 is 4.74 Å². The Morgan fingerprint density at radius 3 is 2.63 bits per heavy atom. The number of pyridine rings is 1. The Morgan fingerprint density at radius 1 is 1.04 bits per heavy atom. The molecular formula is C20H16ClNO4S. The van der Waals surface area contributed by atoms with E-state index in [2.05, 4.69) is 4.98 Å². The lowest BCUT2D eigenvalue weighted by atomic mass is 10.2. The Balaban J connectivity index is 1.52. The molecule has 0 aliphatic rings. The molecule has 7 heteroatoms. The van der Waals surface area contributed by atoms with Gasteiger partial charge in [-0.3, -0.25) is 14.6 Å². The van der Waals surface area contributed by atoms with E-state index in [1.165, 1.54) is 11.3 Å². The van der Waals surface area contributed by atoms with Crippen molar-refractivity contribution in [1.82, 2.24) is 4.98 Å². The fourth-order valence-electron chi connectivity index (χ4n) is 2.29. The SMILES string of the molecule is O=C(CCC(=O)c1ccc(Cl)s1)OCc1ccccc1Oc1cccnc1. The maximum absolute atomic E-state index is 12.0. The maximum Gasteiger partial charge on any atom is 0.306 e. The first-order valence-corrected chi connectivity index (χ1v) is 9.41. The zero-order valence-electron chi connectivity index (χ0n) is 14.3. The van der Waals surface area contributed by atoms with Crippen LogP contribution in [0.15, 0.2) is 60.9 Å². The summed E-state index contributed by atoms with van der Waals surface area (Å²) in [5.74, 6) is 0.616. The second-order valence-corrected chi connectivity index (χ2v) is 7.30. The second-order valence-electron chi connectivity index (χ2n) is 5.59. The number of hydrogen-bond acceptors (Lipinski definition) is 6. The van der Waals surface area contributed by atoms with Crippen molar-refractivity contribution in [3.8, 4) is 11.5 Å². The van der Waals surface area contributed by atoms with Crippen LogP contribution in [0.4, 0.5) is 0 Å². The van der Waals surface area contributed by atoms with Gasteiger partial charge in [-0.1, -0.05) is 29.8 Å². The van der Waals surface area contributed by atoms with Crippen LogP contribution in [0.2, 0.25) is 4.34 Å².